The third kappa shape index (κ3) is 3.97. The van der Waals surface area contributed by atoms with Crippen molar-refractivity contribution in [2.45, 2.75) is 32.1 Å². The molecule has 3 rings (SSSR count). The Bertz CT molecular complexity index is 740. The maximum absolute atomic E-state index is 12.7. The zero-order valence-corrected chi connectivity index (χ0v) is 14.2. The molecule has 0 heterocycles. The summed E-state index contributed by atoms with van der Waals surface area (Å²) in [6.45, 7) is 0. The van der Waals surface area contributed by atoms with Crippen molar-refractivity contribution in [3.05, 3.63) is 77.4 Å². The van der Waals surface area contributed by atoms with E-state index < -0.39 is 5.97 Å². The topological polar surface area (TPSA) is 50.1 Å². The van der Waals surface area contributed by atoms with Gasteiger partial charge in [0.15, 0.2) is 0 Å². The Balaban J connectivity index is 2.22. The highest BCUT2D eigenvalue weighted by Gasteiger charge is 2.29. The lowest BCUT2D eigenvalue weighted by Crippen LogP contribution is -2.19. The van der Waals surface area contributed by atoms with Gasteiger partial charge < -0.3 is 4.74 Å². The molecule has 0 radical (unpaired) electrons. The Morgan fingerprint density at radius 3 is 1.88 bits per heavy atom. The van der Waals surface area contributed by atoms with E-state index in [1.165, 1.54) is 6.42 Å². The highest BCUT2D eigenvalue weighted by molar-refractivity contribution is 6.02. The van der Waals surface area contributed by atoms with Gasteiger partial charge in [-0.15, -0.1) is 5.26 Å². The molecule has 0 N–H and O–H groups in total. The van der Waals surface area contributed by atoms with Crippen molar-refractivity contribution in [2.75, 3.05) is 0 Å². The molecule has 1 aliphatic carbocycles. The van der Waals surface area contributed by atoms with Crippen molar-refractivity contribution in [2.24, 2.45) is 5.92 Å². The Labute approximate surface area is 148 Å². The van der Waals surface area contributed by atoms with Crippen molar-refractivity contribution in [1.29, 1.82) is 5.26 Å². The third-order valence-electron chi connectivity index (χ3n) is 4.77. The first kappa shape index (κ1) is 17.0. The van der Waals surface area contributed by atoms with Crippen LogP contribution in [0.15, 0.2) is 66.2 Å². The van der Waals surface area contributed by atoms with Crippen LogP contribution in [0.1, 0.15) is 43.2 Å². The fourth-order valence-electron chi connectivity index (χ4n) is 3.65. The van der Waals surface area contributed by atoms with Crippen molar-refractivity contribution in [1.82, 2.24) is 0 Å². The molecular weight excluding hydrogens is 310 g/mol. The minimum atomic E-state index is -0.517. The summed E-state index contributed by atoms with van der Waals surface area (Å²) in [6.07, 6.45) is 6.88. The van der Waals surface area contributed by atoms with Crippen LogP contribution in [0.3, 0.4) is 0 Å². The SMILES string of the molecule is N#COC(=O)C(=C(c1ccccc1)c1ccccc1)C1CCCCC1. The number of carbonyl (C=O) groups is 1. The van der Waals surface area contributed by atoms with Gasteiger partial charge >= 0.3 is 5.97 Å². The van der Waals surface area contributed by atoms with Gasteiger partial charge in [-0.1, -0.05) is 79.9 Å². The van der Waals surface area contributed by atoms with E-state index in [9.17, 15) is 4.79 Å². The first-order chi connectivity index (χ1) is 12.3. The molecule has 2 aromatic carbocycles. The van der Waals surface area contributed by atoms with Gasteiger partial charge in [0.05, 0.1) is 0 Å². The van der Waals surface area contributed by atoms with Gasteiger partial charge in [0.1, 0.15) is 0 Å². The second kappa shape index (κ2) is 8.30. The maximum Gasteiger partial charge on any atom is 0.350 e. The molecule has 2 aromatic rings. The second-order valence-corrected chi connectivity index (χ2v) is 6.34. The number of nitrogens with zero attached hydrogens (tertiary/aromatic N) is 1. The number of hydrogen-bond donors (Lipinski definition) is 0. The van der Waals surface area contributed by atoms with Gasteiger partial charge in [-0.05, 0) is 35.5 Å². The third-order valence-corrected chi connectivity index (χ3v) is 4.77. The number of ether oxygens (including phenoxy) is 1. The Kier molecular flexibility index (Phi) is 5.64. The maximum atomic E-state index is 12.7. The molecule has 3 nitrogen and oxygen atoms in total. The standard InChI is InChI=1S/C22H21NO2/c23-16-25-22(24)21(19-14-8-3-9-15-19)20(17-10-4-1-5-11-17)18-12-6-2-7-13-18/h1-2,4-7,10-13,19H,3,8-9,14-15H2. The summed E-state index contributed by atoms with van der Waals surface area (Å²) in [7, 11) is 0. The highest BCUT2D eigenvalue weighted by Crippen LogP contribution is 2.37. The van der Waals surface area contributed by atoms with Crippen LogP contribution in [0, 0.1) is 17.4 Å². The van der Waals surface area contributed by atoms with Crippen molar-refractivity contribution < 1.29 is 9.53 Å². The Morgan fingerprint density at radius 2 is 1.40 bits per heavy atom. The molecule has 0 aromatic heterocycles. The van der Waals surface area contributed by atoms with Crippen LogP contribution in [0.4, 0.5) is 0 Å². The quantitative estimate of drug-likeness (QED) is 0.445. The molecule has 0 atom stereocenters. The Hall–Kier alpha value is -2.86. The van der Waals surface area contributed by atoms with Gasteiger partial charge in [0.25, 0.3) is 6.26 Å². The lowest BCUT2D eigenvalue weighted by atomic mass is 9.79. The number of nitriles is 1. The van der Waals surface area contributed by atoms with Gasteiger partial charge in [-0.2, -0.15) is 0 Å². The summed E-state index contributed by atoms with van der Waals surface area (Å²) in [6, 6.07) is 19.8. The van der Waals surface area contributed by atoms with Crippen LogP contribution in [-0.2, 0) is 9.53 Å². The summed E-state index contributed by atoms with van der Waals surface area (Å²) >= 11 is 0. The summed E-state index contributed by atoms with van der Waals surface area (Å²) in [5, 5.41) is 8.89. The fraction of sp³-hybridized carbons (Fsp3) is 0.273. The van der Waals surface area contributed by atoms with Gasteiger partial charge in [0, 0.05) is 5.57 Å². The van der Waals surface area contributed by atoms with Crippen molar-refractivity contribution >= 4 is 11.5 Å². The minimum Gasteiger partial charge on any atom is -0.347 e. The van der Waals surface area contributed by atoms with Crippen LogP contribution in [-0.4, -0.2) is 5.97 Å². The highest BCUT2D eigenvalue weighted by atomic mass is 16.5. The Morgan fingerprint density at radius 1 is 0.880 bits per heavy atom. The minimum absolute atomic E-state index is 0.130. The molecule has 1 aliphatic rings. The number of rotatable bonds is 4. The lowest BCUT2D eigenvalue weighted by Gasteiger charge is -2.25. The first-order valence-electron chi connectivity index (χ1n) is 8.76. The van der Waals surface area contributed by atoms with E-state index in [1.807, 2.05) is 60.7 Å². The number of carbonyl (C=O) groups excluding carboxylic acids is 1. The second-order valence-electron chi connectivity index (χ2n) is 6.34. The van der Waals surface area contributed by atoms with E-state index in [1.54, 1.807) is 6.26 Å². The molecule has 3 heteroatoms. The molecule has 0 saturated heterocycles. The van der Waals surface area contributed by atoms with Crippen LogP contribution < -0.4 is 0 Å². The van der Waals surface area contributed by atoms with E-state index in [2.05, 4.69) is 0 Å². The van der Waals surface area contributed by atoms with Crippen LogP contribution in [0.5, 0.6) is 0 Å². The van der Waals surface area contributed by atoms with E-state index >= 15 is 0 Å². The van der Waals surface area contributed by atoms with Crippen molar-refractivity contribution in [3.63, 3.8) is 0 Å². The zero-order chi connectivity index (χ0) is 17.5. The molecule has 1 saturated carbocycles. The summed E-state index contributed by atoms with van der Waals surface area (Å²) in [4.78, 5) is 12.7. The van der Waals surface area contributed by atoms with Crippen LogP contribution in [0.2, 0.25) is 0 Å². The largest absolute Gasteiger partial charge is 0.350 e. The number of benzene rings is 2. The number of hydrogen-bond acceptors (Lipinski definition) is 3. The van der Waals surface area contributed by atoms with Crippen molar-refractivity contribution in [3.8, 4) is 6.26 Å². The van der Waals surface area contributed by atoms with E-state index in [4.69, 9.17) is 10.00 Å². The van der Waals surface area contributed by atoms with E-state index in [0.717, 1.165) is 42.4 Å². The summed E-state index contributed by atoms with van der Waals surface area (Å²) in [5.74, 6) is -0.387. The average molecular weight is 331 g/mol. The molecule has 1 fully saturated rings. The molecule has 0 amide bonds. The molecule has 0 bridgehead atoms. The predicted octanol–water partition coefficient (Wildman–Crippen LogP) is 5.09. The fourth-order valence-corrected chi connectivity index (χ4v) is 3.65. The summed E-state index contributed by atoms with van der Waals surface area (Å²) in [5.41, 5.74) is 3.47. The van der Waals surface area contributed by atoms with Gasteiger partial charge in [-0.3, -0.25) is 0 Å². The van der Waals surface area contributed by atoms with Gasteiger partial charge in [-0.25, -0.2) is 4.79 Å². The average Bonchev–Trinajstić information content (AvgIpc) is 2.68. The molecule has 0 spiro atoms. The normalized spacial score (nSPS) is 14.4. The molecule has 126 valence electrons. The summed E-state index contributed by atoms with van der Waals surface area (Å²) < 4.78 is 4.79. The lowest BCUT2D eigenvalue weighted by molar-refractivity contribution is -0.133. The predicted molar refractivity (Wildman–Crippen MR) is 97.2 cm³/mol. The van der Waals surface area contributed by atoms with E-state index in [-0.39, 0.29) is 5.92 Å². The van der Waals surface area contributed by atoms with Gasteiger partial charge in [0.2, 0.25) is 0 Å². The smallest absolute Gasteiger partial charge is 0.347 e. The molecule has 0 aliphatic heterocycles. The molecular formula is C22H21NO2. The molecule has 25 heavy (non-hydrogen) atoms. The van der Waals surface area contributed by atoms with Crippen LogP contribution >= 0.6 is 0 Å². The van der Waals surface area contributed by atoms with Crippen LogP contribution in [0.25, 0.3) is 5.57 Å². The first-order valence-corrected chi connectivity index (χ1v) is 8.76. The van der Waals surface area contributed by atoms with E-state index in [0.29, 0.717) is 5.57 Å². The number of esters is 1. The zero-order valence-electron chi connectivity index (χ0n) is 14.2. The monoisotopic (exact) mass is 331 g/mol. The molecule has 0 unspecified atom stereocenters.